The first-order valence-electron chi connectivity index (χ1n) is 6.06. The molecule has 0 spiro atoms. The molecule has 0 bridgehead atoms. The van der Waals surface area contributed by atoms with E-state index in [0.29, 0.717) is 0 Å². The van der Waals surface area contributed by atoms with Crippen molar-refractivity contribution < 1.29 is 0 Å². The van der Waals surface area contributed by atoms with Crippen LogP contribution in [-0.4, -0.2) is 19.0 Å². The monoisotopic (exact) mass is 259 g/mol. The Labute approximate surface area is 114 Å². The molecule has 0 aliphatic heterocycles. The summed E-state index contributed by atoms with van der Waals surface area (Å²) < 4.78 is 0. The van der Waals surface area contributed by atoms with E-state index in [9.17, 15) is 0 Å². The smallest absolute Gasteiger partial charge is 0.0406 e. The Kier molecular flexibility index (Phi) is 4.05. The zero-order valence-electron chi connectivity index (χ0n) is 11.1. The summed E-state index contributed by atoms with van der Waals surface area (Å²) in [6.07, 6.45) is 0. The third-order valence-corrected chi connectivity index (χ3v) is 3.15. The standard InChI is InChI=1S/C16H18ClN/c1-12-4-9-16(14(10-12)11-18(2)3)13-5-7-15(17)8-6-13/h4-10H,11H2,1-3H3. The number of aryl methyl sites for hydroxylation is 1. The highest BCUT2D eigenvalue weighted by Crippen LogP contribution is 2.26. The zero-order valence-corrected chi connectivity index (χ0v) is 11.8. The van der Waals surface area contributed by atoms with Crippen molar-refractivity contribution in [2.24, 2.45) is 0 Å². The Morgan fingerprint density at radius 2 is 1.67 bits per heavy atom. The minimum absolute atomic E-state index is 0.778. The van der Waals surface area contributed by atoms with Gasteiger partial charge in [0.2, 0.25) is 0 Å². The van der Waals surface area contributed by atoms with Gasteiger partial charge in [0.1, 0.15) is 0 Å². The molecular formula is C16H18ClN. The van der Waals surface area contributed by atoms with Crippen molar-refractivity contribution >= 4 is 11.6 Å². The van der Waals surface area contributed by atoms with E-state index in [1.54, 1.807) is 0 Å². The molecule has 0 saturated carbocycles. The predicted molar refractivity (Wildman–Crippen MR) is 79.0 cm³/mol. The zero-order chi connectivity index (χ0) is 13.1. The van der Waals surface area contributed by atoms with Gasteiger partial charge in [-0.15, -0.1) is 0 Å². The van der Waals surface area contributed by atoms with Crippen LogP contribution in [0, 0.1) is 6.92 Å². The van der Waals surface area contributed by atoms with Crippen molar-refractivity contribution in [2.45, 2.75) is 13.5 Å². The van der Waals surface area contributed by atoms with E-state index in [4.69, 9.17) is 11.6 Å². The second kappa shape index (κ2) is 5.55. The van der Waals surface area contributed by atoms with E-state index in [1.807, 2.05) is 12.1 Å². The van der Waals surface area contributed by atoms with Crippen molar-refractivity contribution in [1.82, 2.24) is 4.90 Å². The normalized spacial score (nSPS) is 10.9. The summed E-state index contributed by atoms with van der Waals surface area (Å²) in [4.78, 5) is 2.19. The van der Waals surface area contributed by atoms with Crippen LogP contribution >= 0.6 is 11.6 Å². The summed E-state index contributed by atoms with van der Waals surface area (Å²) in [7, 11) is 4.18. The van der Waals surface area contributed by atoms with Crippen LogP contribution in [0.15, 0.2) is 42.5 Å². The number of hydrogen-bond donors (Lipinski definition) is 0. The molecule has 0 unspecified atom stereocenters. The average Bonchev–Trinajstić information content (AvgIpc) is 2.30. The lowest BCUT2D eigenvalue weighted by molar-refractivity contribution is 0.403. The second-order valence-corrected chi connectivity index (χ2v) is 5.34. The van der Waals surface area contributed by atoms with Crippen LogP contribution in [0.1, 0.15) is 11.1 Å². The van der Waals surface area contributed by atoms with E-state index in [2.05, 4.69) is 56.3 Å². The molecule has 2 heteroatoms. The molecule has 1 nitrogen and oxygen atoms in total. The van der Waals surface area contributed by atoms with Crippen LogP contribution in [0.25, 0.3) is 11.1 Å². The van der Waals surface area contributed by atoms with Gasteiger partial charge in [-0.2, -0.15) is 0 Å². The highest BCUT2D eigenvalue weighted by atomic mass is 35.5. The molecule has 2 aromatic carbocycles. The third kappa shape index (κ3) is 3.12. The molecule has 0 radical (unpaired) electrons. The van der Waals surface area contributed by atoms with Crippen LogP contribution < -0.4 is 0 Å². The largest absolute Gasteiger partial charge is 0.305 e. The summed E-state index contributed by atoms with van der Waals surface area (Å²) in [5.41, 5.74) is 5.15. The minimum Gasteiger partial charge on any atom is -0.305 e. The molecule has 2 rings (SSSR count). The maximum Gasteiger partial charge on any atom is 0.0406 e. The molecule has 0 saturated heterocycles. The topological polar surface area (TPSA) is 3.24 Å². The van der Waals surface area contributed by atoms with Gasteiger partial charge in [-0.1, -0.05) is 47.5 Å². The Morgan fingerprint density at radius 1 is 1.00 bits per heavy atom. The Morgan fingerprint density at radius 3 is 2.28 bits per heavy atom. The van der Waals surface area contributed by atoms with E-state index in [-0.39, 0.29) is 0 Å². The van der Waals surface area contributed by atoms with E-state index < -0.39 is 0 Å². The Bertz CT molecular complexity index is 529. The lowest BCUT2D eigenvalue weighted by Crippen LogP contribution is -2.11. The molecule has 0 aliphatic carbocycles. The molecule has 0 amide bonds. The number of rotatable bonds is 3. The lowest BCUT2D eigenvalue weighted by atomic mass is 9.97. The van der Waals surface area contributed by atoms with Crippen LogP contribution in [-0.2, 0) is 6.54 Å². The first-order valence-corrected chi connectivity index (χ1v) is 6.44. The number of hydrogen-bond acceptors (Lipinski definition) is 1. The highest BCUT2D eigenvalue weighted by molar-refractivity contribution is 6.30. The van der Waals surface area contributed by atoms with Crippen LogP contribution in [0.2, 0.25) is 5.02 Å². The number of benzene rings is 2. The fourth-order valence-electron chi connectivity index (χ4n) is 2.11. The predicted octanol–water partition coefficient (Wildman–Crippen LogP) is 4.38. The van der Waals surface area contributed by atoms with Gasteiger partial charge in [-0.05, 0) is 49.8 Å². The van der Waals surface area contributed by atoms with Gasteiger partial charge in [-0.3, -0.25) is 0 Å². The fourth-order valence-corrected chi connectivity index (χ4v) is 2.23. The quantitative estimate of drug-likeness (QED) is 0.791. The summed E-state index contributed by atoms with van der Waals surface area (Å²) >= 11 is 5.94. The molecule has 2 aromatic rings. The third-order valence-electron chi connectivity index (χ3n) is 2.90. The second-order valence-electron chi connectivity index (χ2n) is 4.91. The van der Waals surface area contributed by atoms with Gasteiger partial charge in [0, 0.05) is 11.6 Å². The first-order chi connectivity index (χ1) is 8.56. The Balaban J connectivity index is 2.45. The van der Waals surface area contributed by atoms with Gasteiger partial charge >= 0.3 is 0 Å². The van der Waals surface area contributed by atoms with E-state index in [1.165, 1.54) is 22.3 Å². The molecule has 0 fully saturated rings. The van der Waals surface area contributed by atoms with Crippen LogP contribution in [0.3, 0.4) is 0 Å². The van der Waals surface area contributed by atoms with Crippen molar-refractivity contribution in [3.63, 3.8) is 0 Å². The SMILES string of the molecule is Cc1ccc(-c2ccc(Cl)cc2)c(CN(C)C)c1. The van der Waals surface area contributed by atoms with Gasteiger partial charge in [-0.25, -0.2) is 0 Å². The maximum atomic E-state index is 5.94. The van der Waals surface area contributed by atoms with Gasteiger partial charge < -0.3 is 4.90 Å². The van der Waals surface area contributed by atoms with Crippen LogP contribution in [0.5, 0.6) is 0 Å². The average molecular weight is 260 g/mol. The van der Waals surface area contributed by atoms with Crippen molar-refractivity contribution in [2.75, 3.05) is 14.1 Å². The summed E-state index contributed by atoms with van der Waals surface area (Å²) in [6.45, 7) is 3.07. The fraction of sp³-hybridized carbons (Fsp3) is 0.250. The molecule has 0 aliphatic rings. The number of nitrogens with zero attached hydrogens (tertiary/aromatic N) is 1. The van der Waals surface area contributed by atoms with Gasteiger partial charge in [0.05, 0.1) is 0 Å². The van der Waals surface area contributed by atoms with Crippen molar-refractivity contribution in [1.29, 1.82) is 0 Å². The molecule has 18 heavy (non-hydrogen) atoms. The molecule has 0 atom stereocenters. The maximum absolute atomic E-state index is 5.94. The highest BCUT2D eigenvalue weighted by Gasteiger charge is 2.06. The Hall–Kier alpha value is -1.31. The molecular weight excluding hydrogens is 242 g/mol. The number of halogens is 1. The van der Waals surface area contributed by atoms with Crippen molar-refractivity contribution in [3.05, 3.63) is 58.6 Å². The van der Waals surface area contributed by atoms with Crippen molar-refractivity contribution in [3.8, 4) is 11.1 Å². The van der Waals surface area contributed by atoms with Crippen LogP contribution in [0.4, 0.5) is 0 Å². The molecule has 0 aromatic heterocycles. The molecule has 0 heterocycles. The van der Waals surface area contributed by atoms with Gasteiger partial charge in [0.25, 0.3) is 0 Å². The first kappa shape index (κ1) is 13.1. The minimum atomic E-state index is 0.778. The van der Waals surface area contributed by atoms with E-state index in [0.717, 1.165) is 11.6 Å². The summed E-state index contributed by atoms with van der Waals surface area (Å²) in [5, 5.41) is 0.778. The lowest BCUT2D eigenvalue weighted by Gasteiger charge is -2.15. The molecule has 94 valence electrons. The van der Waals surface area contributed by atoms with Gasteiger partial charge in [0.15, 0.2) is 0 Å². The summed E-state index contributed by atoms with van der Waals surface area (Å²) in [6, 6.07) is 14.6. The summed E-state index contributed by atoms with van der Waals surface area (Å²) in [5.74, 6) is 0. The van der Waals surface area contributed by atoms with E-state index >= 15 is 0 Å². The molecule has 0 N–H and O–H groups in total.